The first-order valence-electron chi connectivity index (χ1n) is 7.10. The average Bonchev–Trinajstić information content (AvgIpc) is 2.97. The topological polar surface area (TPSA) is 66.0 Å². The number of piperidine rings is 1. The summed E-state index contributed by atoms with van der Waals surface area (Å²) >= 11 is 1.47. The number of hydrogen-bond donors (Lipinski definition) is 3. The number of amides is 2. The lowest BCUT2D eigenvalue weighted by molar-refractivity contribution is 0.262. The van der Waals surface area contributed by atoms with Gasteiger partial charge in [0.25, 0.3) is 0 Å². The molecule has 2 amide bonds. The lowest BCUT2D eigenvalue weighted by Crippen LogP contribution is -2.28. The van der Waals surface area contributed by atoms with Crippen LogP contribution in [-0.4, -0.2) is 24.1 Å². The monoisotopic (exact) mass is 302 g/mol. The molecule has 0 spiro atoms. The van der Waals surface area contributed by atoms with E-state index in [9.17, 15) is 4.79 Å². The van der Waals surface area contributed by atoms with Gasteiger partial charge in [0.05, 0.1) is 5.69 Å². The normalized spacial score (nSPS) is 18.2. The minimum Gasteiger partial charge on any atom is -0.316 e. The number of nitrogens with one attached hydrogen (secondary N) is 3. The van der Waals surface area contributed by atoms with Gasteiger partial charge >= 0.3 is 6.03 Å². The summed E-state index contributed by atoms with van der Waals surface area (Å²) in [6.07, 6.45) is 2.34. The van der Waals surface area contributed by atoms with Crippen molar-refractivity contribution in [2.24, 2.45) is 0 Å². The molecule has 0 bridgehead atoms. The summed E-state index contributed by atoms with van der Waals surface area (Å²) in [5, 5.41) is 11.6. The van der Waals surface area contributed by atoms with Crippen LogP contribution in [0.4, 0.5) is 15.6 Å². The molecule has 2 heterocycles. The van der Waals surface area contributed by atoms with Crippen LogP contribution in [0.1, 0.15) is 24.5 Å². The minimum atomic E-state index is -0.260. The molecule has 3 rings (SSSR count). The molecule has 1 aromatic heterocycles. The van der Waals surface area contributed by atoms with Gasteiger partial charge in [0.1, 0.15) is 0 Å². The number of nitrogens with zero attached hydrogens (tertiary/aromatic N) is 1. The smallest absolute Gasteiger partial charge is 0.316 e. The fraction of sp³-hybridized carbons (Fsp3) is 0.333. The molecule has 1 aliphatic rings. The van der Waals surface area contributed by atoms with Crippen molar-refractivity contribution in [3.8, 4) is 0 Å². The Bertz CT molecular complexity index is 593. The van der Waals surface area contributed by atoms with Crippen LogP contribution in [-0.2, 0) is 0 Å². The van der Waals surface area contributed by atoms with Crippen LogP contribution in [0, 0.1) is 0 Å². The molecule has 1 atom stereocenters. The molecule has 1 fully saturated rings. The van der Waals surface area contributed by atoms with E-state index < -0.39 is 0 Å². The molecule has 2 aromatic rings. The summed E-state index contributed by atoms with van der Waals surface area (Å²) in [6, 6.07) is 9.11. The van der Waals surface area contributed by atoms with Crippen LogP contribution in [0.2, 0.25) is 0 Å². The zero-order chi connectivity index (χ0) is 14.5. The van der Waals surface area contributed by atoms with Crippen molar-refractivity contribution in [1.29, 1.82) is 0 Å². The highest BCUT2D eigenvalue weighted by Crippen LogP contribution is 2.26. The van der Waals surface area contributed by atoms with E-state index in [-0.39, 0.29) is 6.03 Å². The first-order valence-corrected chi connectivity index (χ1v) is 7.98. The summed E-state index contributed by atoms with van der Waals surface area (Å²) < 4.78 is 0. The second kappa shape index (κ2) is 6.69. The molecule has 0 aliphatic carbocycles. The molecule has 21 heavy (non-hydrogen) atoms. The fourth-order valence-electron chi connectivity index (χ4n) is 2.42. The van der Waals surface area contributed by atoms with Gasteiger partial charge in [0.2, 0.25) is 0 Å². The van der Waals surface area contributed by atoms with Gasteiger partial charge in [-0.05, 0) is 31.5 Å². The predicted octanol–water partition coefficient (Wildman–Crippen LogP) is 3.25. The Morgan fingerprint density at radius 3 is 2.90 bits per heavy atom. The second-order valence-electron chi connectivity index (χ2n) is 5.07. The Morgan fingerprint density at radius 2 is 2.14 bits per heavy atom. The number of urea groups is 1. The molecule has 1 aliphatic heterocycles. The van der Waals surface area contributed by atoms with E-state index in [0.29, 0.717) is 11.0 Å². The number of anilines is 2. The van der Waals surface area contributed by atoms with Gasteiger partial charge in [0, 0.05) is 23.5 Å². The number of carbonyl (C=O) groups excluding carboxylic acids is 1. The summed E-state index contributed by atoms with van der Waals surface area (Å²) in [5.74, 6) is 0.461. The zero-order valence-electron chi connectivity index (χ0n) is 11.6. The molecule has 0 unspecified atom stereocenters. The first-order chi connectivity index (χ1) is 10.3. The van der Waals surface area contributed by atoms with E-state index >= 15 is 0 Å². The Balaban J connectivity index is 1.57. The fourth-order valence-corrected chi connectivity index (χ4v) is 3.20. The molecule has 6 heteroatoms. The van der Waals surface area contributed by atoms with E-state index in [2.05, 4.69) is 20.9 Å². The maximum atomic E-state index is 11.9. The van der Waals surface area contributed by atoms with Crippen molar-refractivity contribution >= 4 is 28.2 Å². The van der Waals surface area contributed by atoms with E-state index in [1.54, 1.807) is 0 Å². The third kappa shape index (κ3) is 3.80. The third-order valence-corrected chi connectivity index (χ3v) is 4.27. The molecule has 0 radical (unpaired) electrons. The van der Waals surface area contributed by atoms with Crippen molar-refractivity contribution in [1.82, 2.24) is 10.3 Å². The first kappa shape index (κ1) is 14.0. The van der Waals surface area contributed by atoms with Crippen molar-refractivity contribution in [3.63, 3.8) is 0 Å². The molecule has 3 N–H and O–H groups in total. The molecular formula is C15H18N4OS. The van der Waals surface area contributed by atoms with Gasteiger partial charge in [-0.3, -0.25) is 5.32 Å². The number of thiazole rings is 1. The molecular weight excluding hydrogens is 284 g/mol. The van der Waals surface area contributed by atoms with Gasteiger partial charge in [-0.2, -0.15) is 0 Å². The van der Waals surface area contributed by atoms with E-state index in [1.807, 2.05) is 35.7 Å². The highest BCUT2D eigenvalue weighted by Gasteiger charge is 2.18. The lowest BCUT2D eigenvalue weighted by atomic mass is 9.97. The van der Waals surface area contributed by atoms with Crippen LogP contribution in [0.5, 0.6) is 0 Å². The van der Waals surface area contributed by atoms with Crippen LogP contribution < -0.4 is 16.0 Å². The SMILES string of the molecule is O=C(Nc1ccccc1)Nc1nc([C@H]2CCCNC2)cs1. The highest BCUT2D eigenvalue weighted by atomic mass is 32.1. The number of benzene rings is 1. The van der Waals surface area contributed by atoms with Crippen LogP contribution in [0.15, 0.2) is 35.7 Å². The largest absolute Gasteiger partial charge is 0.325 e. The van der Waals surface area contributed by atoms with E-state index in [1.165, 1.54) is 17.8 Å². The van der Waals surface area contributed by atoms with E-state index in [4.69, 9.17) is 0 Å². The average molecular weight is 302 g/mol. The number of hydrogen-bond acceptors (Lipinski definition) is 4. The Labute approximate surface area is 127 Å². The molecule has 0 saturated carbocycles. The summed E-state index contributed by atoms with van der Waals surface area (Å²) in [7, 11) is 0. The molecule has 5 nitrogen and oxygen atoms in total. The number of para-hydroxylation sites is 1. The molecule has 1 saturated heterocycles. The van der Waals surface area contributed by atoms with Crippen molar-refractivity contribution < 1.29 is 4.79 Å². The van der Waals surface area contributed by atoms with Gasteiger partial charge in [-0.25, -0.2) is 9.78 Å². The Morgan fingerprint density at radius 1 is 1.29 bits per heavy atom. The maximum absolute atomic E-state index is 11.9. The van der Waals surface area contributed by atoms with E-state index in [0.717, 1.165) is 30.9 Å². The summed E-state index contributed by atoms with van der Waals surface area (Å²) in [5.41, 5.74) is 1.84. The number of aromatic nitrogens is 1. The zero-order valence-corrected chi connectivity index (χ0v) is 12.5. The van der Waals surface area contributed by atoms with Crippen LogP contribution >= 0.6 is 11.3 Å². The predicted molar refractivity (Wildman–Crippen MR) is 86.0 cm³/mol. The second-order valence-corrected chi connectivity index (χ2v) is 5.92. The third-order valence-electron chi connectivity index (χ3n) is 3.49. The van der Waals surface area contributed by atoms with Gasteiger partial charge in [0.15, 0.2) is 5.13 Å². The quantitative estimate of drug-likeness (QED) is 0.815. The number of carbonyl (C=O) groups is 1. The van der Waals surface area contributed by atoms with Crippen molar-refractivity contribution in [2.75, 3.05) is 23.7 Å². The lowest BCUT2D eigenvalue weighted by Gasteiger charge is -2.20. The maximum Gasteiger partial charge on any atom is 0.325 e. The minimum absolute atomic E-state index is 0.260. The Hall–Kier alpha value is -1.92. The molecule has 110 valence electrons. The van der Waals surface area contributed by atoms with Crippen molar-refractivity contribution in [2.45, 2.75) is 18.8 Å². The van der Waals surface area contributed by atoms with Crippen LogP contribution in [0.25, 0.3) is 0 Å². The summed E-state index contributed by atoms with van der Waals surface area (Å²) in [4.78, 5) is 16.4. The van der Waals surface area contributed by atoms with Crippen molar-refractivity contribution in [3.05, 3.63) is 41.4 Å². The van der Waals surface area contributed by atoms with Gasteiger partial charge in [-0.1, -0.05) is 18.2 Å². The Kier molecular flexibility index (Phi) is 4.47. The van der Waals surface area contributed by atoms with Gasteiger partial charge in [-0.15, -0.1) is 11.3 Å². The van der Waals surface area contributed by atoms with Gasteiger partial charge < -0.3 is 10.6 Å². The highest BCUT2D eigenvalue weighted by molar-refractivity contribution is 7.13. The van der Waals surface area contributed by atoms with Crippen LogP contribution in [0.3, 0.4) is 0 Å². The standard InChI is InChI=1S/C15H18N4OS/c20-14(17-12-6-2-1-3-7-12)19-15-18-13(10-21-15)11-5-4-8-16-9-11/h1-3,6-7,10-11,16H,4-5,8-9H2,(H2,17,18,19,20)/t11-/m0/s1. The molecule has 1 aromatic carbocycles. The number of rotatable bonds is 3. The summed E-state index contributed by atoms with van der Waals surface area (Å²) in [6.45, 7) is 2.06.